The third-order valence-corrected chi connectivity index (χ3v) is 6.06. The van der Waals surface area contributed by atoms with Gasteiger partial charge in [0.15, 0.2) is 5.16 Å². The van der Waals surface area contributed by atoms with Gasteiger partial charge in [-0.2, -0.15) is 0 Å². The summed E-state index contributed by atoms with van der Waals surface area (Å²) in [6.45, 7) is 1.93. The van der Waals surface area contributed by atoms with E-state index in [0.29, 0.717) is 17.3 Å². The summed E-state index contributed by atoms with van der Waals surface area (Å²) in [5.41, 5.74) is 1.36. The fourth-order valence-electron chi connectivity index (χ4n) is 3.08. The van der Waals surface area contributed by atoms with E-state index in [1.54, 1.807) is 48.2 Å². The number of carbonyl (C=O) groups excluding carboxylic acids is 1. The first-order chi connectivity index (χ1) is 15.1. The van der Waals surface area contributed by atoms with Gasteiger partial charge >= 0.3 is 5.56 Å². The van der Waals surface area contributed by atoms with Crippen molar-refractivity contribution in [2.24, 2.45) is 0 Å². The van der Waals surface area contributed by atoms with Crippen LogP contribution in [0, 0.1) is 0 Å². The highest BCUT2D eigenvalue weighted by atomic mass is 32.2. The molecule has 0 aliphatic heterocycles. The molecule has 0 aliphatic carbocycles. The molecule has 0 fully saturated rings. The quantitative estimate of drug-likeness (QED) is 0.448. The first kappa shape index (κ1) is 20.7. The number of fused-ring (bicyclic) bond motifs is 1. The van der Waals surface area contributed by atoms with E-state index in [1.807, 2.05) is 37.3 Å². The highest BCUT2D eigenvalue weighted by Crippen LogP contribution is 2.25. The lowest BCUT2D eigenvalue weighted by Gasteiger charge is -2.14. The molecule has 0 radical (unpaired) electrons. The zero-order chi connectivity index (χ0) is 21.8. The number of thioether (sulfide) groups is 1. The van der Waals surface area contributed by atoms with Crippen LogP contribution in [0.5, 0.6) is 5.75 Å². The zero-order valence-corrected chi connectivity index (χ0v) is 17.9. The minimum Gasteiger partial charge on any atom is -0.497 e. The smallest absolute Gasteiger partial charge is 0.300 e. The monoisotopic (exact) mass is 435 g/mol. The van der Waals surface area contributed by atoms with Crippen LogP contribution >= 0.6 is 11.8 Å². The van der Waals surface area contributed by atoms with Crippen molar-refractivity contribution in [3.63, 3.8) is 0 Å². The predicted octanol–water partition coefficient (Wildman–Crippen LogP) is 3.40. The van der Waals surface area contributed by atoms with Crippen molar-refractivity contribution in [1.82, 2.24) is 19.2 Å². The number of aromatic nitrogens is 4. The Balaban J connectivity index is 1.55. The molecule has 0 spiro atoms. The molecule has 31 heavy (non-hydrogen) atoms. The van der Waals surface area contributed by atoms with Crippen LogP contribution in [0.15, 0.2) is 76.9 Å². The van der Waals surface area contributed by atoms with Crippen molar-refractivity contribution in [2.45, 2.75) is 23.8 Å². The maximum Gasteiger partial charge on any atom is 0.300 e. The van der Waals surface area contributed by atoms with Crippen molar-refractivity contribution < 1.29 is 9.53 Å². The Hall–Kier alpha value is -3.59. The molecule has 9 heteroatoms. The molecule has 1 N–H and O–H groups in total. The number of carbonyl (C=O) groups is 1. The van der Waals surface area contributed by atoms with Gasteiger partial charge < -0.3 is 10.1 Å². The first-order valence-electron chi connectivity index (χ1n) is 9.74. The van der Waals surface area contributed by atoms with Gasteiger partial charge in [-0.15, -0.1) is 10.2 Å². The molecule has 2 aromatic carbocycles. The highest BCUT2D eigenvalue weighted by molar-refractivity contribution is 8.00. The molecular formula is C22H21N5O3S. The summed E-state index contributed by atoms with van der Waals surface area (Å²) < 4.78 is 8.28. The summed E-state index contributed by atoms with van der Waals surface area (Å²) in [5, 5.41) is 11.2. The molecule has 0 saturated carbocycles. The second-order valence-corrected chi connectivity index (χ2v) is 7.89. The van der Waals surface area contributed by atoms with Gasteiger partial charge in [-0.25, -0.2) is 0 Å². The number of benzene rings is 2. The third-order valence-electron chi connectivity index (χ3n) is 4.74. The molecule has 4 aromatic rings. The van der Waals surface area contributed by atoms with Gasteiger partial charge in [0.2, 0.25) is 11.6 Å². The minimum absolute atomic E-state index is 0.146. The standard InChI is InChI=1S/C22H21N5O3S/c1-3-18(20(28)23-15-9-11-17(30-2)12-10-15)31-22-25-24-19-21(29)26(13-14-27(19)22)16-7-5-4-6-8-16/h4-14,18H,3H2,1-2H3,(H,23,28)/t18-/m1/s1. The van der Waals surface area contributed by atoms with Crippen molar-refractivity contribution in [2.75, 3.05) is 12.4 Å². The number of methoxy groups -OCH3 is 1. The van der Waals surface area contributed by atoms with E-state index in [2.05, 4.69) is 15.5 Å². The number of hydrogen-bond donors (Lipinski definition) is 1. The number of ether oxygens (including phenoxy) is 1. The second-order valence-electron chi connectivity index (χ2n) is 6.72. The van der Waals surface area contributed by atoms with Gasteiger partial charge in [-0.05, 0) is 42.8 Å². The fraction of sp³-hybridized carbons (Fsp3) is 0.182. The number of hydrogen-bond acceptors (Lipinski definition) is 6. The van der Waals surface area contributed by atoms with Crippen molar-refractivity contribution >= 4 is 29.0 Å². The summed E-state index contributed by atoms with van der Waals surface area (Å²) in [7, 11) is 1.59. The van der Waals surface area contributed by atoms with Gasteiger partial charge in [0, 0.05) is 23.8 Å². The number of nitrogens with zero attached hydrogens (tertiary/aromatic N) is 4. The van der Waals surface area contributed by atoms with Crippen molar-refractivity contribution in [3.05, 3.63) is 77.3 Å². The second kappa shape index (κ2) is 9.05. The van der Waals surface area contributed by atoms with Crippen LogP contribution in [0.25, 0.3) is 11.3 Å². The van der Waals surface area contributed by atoms with E-state index in [4.69, 9.17) is 4.74 Å². The molecule has 2 aromatic heterocycles. The zero-order valence-electron chi connectivity index (χ0n) is 17.1. The number of nitrogens with one attached hydrogen (secondary N) is 1. The van der Waals surface area contributed by atoms with E-state index < -0.39 is 5.25 Å². The third kappa shape index (κ3) is 4.31. The Morgan fingerprint density at radius 3 is 2.52 bits per heavy atom. The van der Waals surface area contributed by atoms with Gasteiger partial charge in [-0.1, -0.05) is 36.9 Å². The SMILES string of the molecule is CC[C@@H](Sc1nnc2c(=O)n(-c3ccccc3)ccn12)C(=O)Nc1ccc(OC)cc1. The number of para-hydroxylation sites is 1. The molecule has 0 aliphatic rings. The lowest BCUT2D eigenvalue weighted by Crippen LogP contribution is -2.25. The molecule has 158 valence electrons. The highest BCUT2D eigenvalue weighted by Gasteiger charge is 2.22. The molecule has 2 heterocycles. The van der Waals surface area contributed by atoms with Crippen LogP contribution < -0.4 is 15.6 Å². The van der Waals surface area contributed by atoms with Crippen LogP contribution in [0.1, 0.15) is 13.3 Å². The summed E-state index contributed by atoms with van der Waals surface area (Å²) in [6, 6.07) is 16.5. The van der Waals surface area contributed by atoms with Crippen LogP contribution in [0.2, 0.25) is 0 Å². The van der Waals surface area contributed by atoms with Crippen LogP contribution in [0.4, 0.5) is 5.69 Å². The maximum atomic E-state index is 12.9. The Morgan fingerprint density at radius 2 is 1.84 bits per heavy atom. The summed E-state index contributed by atoms with van der Waals surface area (Å²) in [6.07, 6.45) is 4.00. The number of amides is 1. The van der Waals surface area contributed by atoms with Gasteiger partial charge in [0.1, 0.15) is 5.75 Å². The average Bonchev–Trinajstić information content (AvgIpc) is 3.22. The van der Waals surface area contributed by atoms with E-state index in [9.17, 15) is 9.59 Å². The van der Waals surface area contributed by atoms with Gasteiger partial charge in [-0.3, -0.25) is 18.6 Å². The Bertz CT molecular complexity index is 1250. The van der Waals surface area contributed by atoms with E-state index in [-0.39, 0.29) is 17.1 Å². The Morgan fingerprint density at radius 1 is 1.10 bits per heavy atom. The van der Waals surface area contributed by atoms with Crippen LogP contribution in [-0.2, 0) is 4.79 Å². The largest absolute Gasteiger partial charge is 0.497 e. The van der Waals surface area contributed by atoms with E-state index >= 15 is 0 Å². The summed E-state index contributed by atoms with van der Waals surface area (Å²) in [5.74, 6) is 0.572. The van der Waals surface area contributed by atoms with Crippen LogP contribution in [0.3, 0.4) is 0 Å². The molecule has 8 nitrogen and oxygen atoms in total. The van der Waals surface area contributed by atoms with Crippen LogP contribution in [-0.4, -0.2) is 37.4 Å². The molecule has 1 amide bonds. The van der Waals surface area contributed by atoms with E-state index in [0.717, 1.165) is 11.4 Å². The number of rotatable bonds is 7. The molecular weight excluding hydrogens is 414 g/mol. The topological polar surface area (TPSA) is 90.5 Å². The lowest BCUT2D eigenvalue weighted by molar-refractivity contribution is -0.115. The first-order valence-corrected chi connectivity index (χ1v) is 10.6. The Labute approximate surface area is 182 Å². The van der Waals surface area contributed by atoms with Gasteiger partial charge in [0.05, 0.1) is 12.4 Å². The molecule has 0 bridgehead atoms. The normalized spacial score (nSPS) is 11.9. The molecule has 0 saturated heterocycles. The molecule has 0 unspecified atom stereocenters. The van der Waals surface area contributed by atoms with Gasteiger partial charge in [0.25, 0.3) is 0 Å². The van der Waals surface area contributed by atoms with E-state index in [1.165, 1.54) is 16.3 Å². The van der Waals surface area contributed by atoms with Crippen molar-refractivity contribution in [3.8, 4) is 11.4 Å². The summed E-state index contributed by atoms with van der Waals surface area (Å²) >= 11 is 1.27. The summed E-state index contributed by atoms with van der Waals surface area (Å²) in [4.78, 5) is 25.6. The molecule has 4 rings (SSSR count). The van der Waals surface area contributed by atoms with Crippen molar-refractivity contribution in [1.29, 1.82) is 0 Å². The lowest BCUT2D eigenvalue weighted by atomic mass is 10.2. The number of anilines is 1. The Kier molecular flexibility index (Phi) is 6.03. The fourth-order valence-corrected chi connectivity index (χ4v) is 4.02. The minimum atomic E-state index is -0.397. The molecule has 1 atom stereocenters. The average molecular weight is 436 g/mol. The maximum absolute atomic E-state index is 12.9. The predicted molar refractivity (Wildman–Crippen MR) is 120 cm³/mol.